The van der Waals surface area contributed by atoms with E-state index in [1.807, 2.05) is 0 Å². The summed E-state index contributed by atoms with van der Waals surface area (Å²) in [7, 11) is 0. The fourth-order valence-electron chi connectivity index (χ4n) is 1.64. The Morgan fingerprint density at radius 1 is 0.714 bits per heavy atom. The van der Waals surface area contributed by atoms with Crippen LogP contribution >= 0.6 is 0 Å². The van der Waals surface area contributed by atoms with Crippen molar-refractivity contribution in [2.75, 3.05) is 0 Å². The first kappa shape index (κ1) is 16.8. The molecule has 0 aliphatic carbocycles. The molecule has 0 radical (unpaired) electrons. The van der Waals surface area contributed by atoms with Gasteiger partial charge in [-0.1, -0.05) is 0 Å². The molecule has 0 saturated heterocycles. The zero-order chi connectivity index (χ0) is 15.0. The zero-order valence-corrected chi connectivity index (χ0v) is 16.1. The Kier molecular flexibility index (Phi) is 4.86. The Morgan fingerprint density at radius 3 is 1.76 bits per heavy atom. The Bertz CT molecular complexity index is 689. The molecular weight excluding hydrogens is 477 g/mol. The van der Waals surface area contributed by atoms with Crippen LogP contribution in [0.2, 0.25) is 0 Å². The minimum atomic E-state index is -0.858. The molecule has 0 amide bonds. The third-order valence-electron chi connectivity index (χ3n) is 2.71. The van der Waals surface area contributed by atoms with E-state index in [0.29, 0.717) is 0 Å². The van der Waals surface area contributed by atoms with Gasteiger partial charge < -0.3 is 30.6 Å². The number of phenolic OH excluding ortho intramolecular Hbond substituents is 6. The second kappa shape index (κ2) is 6.05. The number of aromatic hydroxyl groups is 6. The number of hydrogen-bond acceptors (Lipinski definition) is 7. The first-order valence-corrected chi connectivity index (χ1v) is 5.36. The molecule has 6 N–H and O–H groups in total. The van der Waals surface area contributed by atoms with Crippen molar-refractivity contribution < 1.29 is 35.4 Å². The molecule has 0 atom stereocenters. The molecule has 0 saturated carbocycles. The summed E-state index contributed by atoms with van der Waals surface area (Å²) < 4.78 is 0. The van der Waals surface area contributed by atoms with Crippen LogP contribution in [-0.2, 0) is 0 Å². The molecule has 0 bridgehead atoms. The van der Waals surface area contributed by atoms with Crippen LogP contribution in [0.15, 0.2) is 24.3 Å². The van der Waals surface area contributed by atoms with Crippen molar-refractivity contribution >= 4 is 32.0 Å². The van der Waals surface area contributed by atoms with Crippen LogP contribution in [0.3, 0.4) is 0 Å². The van der Waals surface area contributed by atoms with E-state index in [9.17, 15) is 30.3 Å². The van der Waals surface area contributed by atoms with Crippen molar-refractivity contribution in [3.05, 3.63) is 35.4 Å². The van der Waals surface area contributed by atoms with Gasteiger partial charge in [0.1, 0.15) is 0 Å². The van der Waals surface area contributed by atoms with Crippen molar-refractivity contribution in [3.8, 4) is 34.5 Å². The van der Waals surface area contributed by atoms with Crippen molar-refractivity contribution in [2.24, 2.45) is 0 Å². The van der Waals surface area contributed by atoms with Gasteiger partial charge in [-0.3, -0.25) is 4.79 Å². The van der Waals surface area contributed by atoms with Crippen LogP contribution < -0.4 is 0 Å². The molecule has 0 heterocycles. The van der Waals surface area contributed by atoms with Crippen LogP contribution in [0.4, 0.5) is 0 Å². The second-order valence-corrected chi connectivity index (χ2v) is 4.02. The first-order valence-electron chi connectivity index (χ1n) is 5.36. The minimum absolute atomic E-state index is 0. The van der Waals surface area contributed by atoms with E-state index >= 15 is 0 Å². The number of ketones is 1. The van der Waals surface area contributed by atoms with Gasteiger partial charge in [-0.25, -0.2) is 0 Å². The van der Waals surface area contributed by atoms with Gasteiger partial charge in [0.05, 0.1) is 5.56 Å². The SMILES string of the molecule is O=C(c1cc(O)c(O)c(O)c1)c1ccc(O)c(O)c1O.[BiH3]. The molecule has 2 aromatic rings. The molecule has 0 aliphatic rings. The van der Waals surface area contributed by atoms with Crippen LogP contribution in [-0.4, -0.2) is 62.6 Å². The molecule has 8 heteroatoms. The number of carbonyl (C=O) groups is 1. The molecule has 7 nitrogen and oxygen atoms in total. The number of benzene rings is 2. The van der Waals surface area contributed by atoms with E-state index in [4.69, 9.17) is 5.11 Å². The predicted molar refractivity (Wildman–Crippen MR) is 76.2 cm³/mol. The Morgan fingerprint density at radius 2 is 1.24 bits per heavy atom. The molecule has 0 aromatic heterocycles. The molecule has 0 spiro atoms. The van der Waals surface area contributed by atoms with Crippen molar-refractivity contribution in [1.82, 2.24) is 0 Å². The summed E-state index contributed by atoms with van der Waals surface area (Å²) in [5.41, 5.74) is -0.567. The normalized spacial score (nSPS) is 9.90. The van der Waals surface area contributed by atoms with Crippen molar-refractivity contribution in [3.63, 3.8) is 0 Å². The Labute approximate surface area is 137 Å². The molecule has 0 unspecified atom stereocenters. The van der Waals surface area contributed by atoms with Gasteiger partial charge in [0.15, 0.2) is 34.5 Å². The van der Waals surface area contributed by atoms with Crippen LogP contribution in [0.5, 0.6) is 34.5 Å². The number of rotatable bonds is 2. The summed E-state index contributed by atoms with van der Waals surface area (Å²) in [6.07, 6.45) is 0. The van der Waals surface area contributed by atoms with E-state index < -0.39 is 40.3 Å². The van der Waals surface area contributed by atoms with Crippen molar-refractivity contribution in [2.45, 2.75) is 0 Å². The van der Waals surface area contributed by atoms with Gasteiger partial charge in [-0.15, -0.1) is 0 Å². The molecule has 21 heavy (non-hydrogen) atoms. The summed E-state index contributed by atoms with van der Waals surface area (Å²) in [6.45, 7) is 0. The fraction of sp³-hybridized carbons (Fsp3) is 0. The molecule has 0 aliphatic heterocycles. The molecule has 112 valence electrons. The third-order valence-corrected chi connectivity index (χ3v) is 2.71. The van der Waals surface area contributed by atoms with Crippen LogP contribution in [0.25, 0.3) is 0 Å². The maximum absolute atomic E-state index is 12.1. The Hall–Kier alpha value is -2.21. The predicted octanol–water partition coefficient (Wildman–Crippen LogP) is -0.0327. The molecule has 2 aromatic carbocycles. The molecular formula is C13H13BiO7. The summed E-state index contributed by atoms with van der Waals surface area (Å²) in [6, 6.07) is 3.84. The van der Waals surface area contributed by atoms with Gasteiger partial charge in [0.25, 0.3) is 0 Å². The Balaban J connectivity index is 0.00000220. The topological polar surface area (TPSA) is 138 Å². The summed E-state index contributed by atoms with van der Waals surface area (Å²) in [5, 5.41) is 56.0. The monoisotopic (exact) mass is 490 g/mol. The number of carbonyl (C=O) groups excluding carboxylic acids is 1. The van der Waals surface area contributed by atoms with Gasteiger partial charge in [0.2, 0.25) is 5.75 Å². The summed E-state index contributed by atoms with van der Waals surface area (Å²) >= 11 is 0. The summed E-state index contributed by atoms with van der Waals surface area (Å²) in [4.78, 5) is 12.1. The van der Waals surface area contributed by atoms with E-state index in [-0.39, 0.29) is 37.3 Å². The van der Waals surface area contributed by atoms with E-state index in [0.717, 1.165) is 24.3 Å². The third kappa shape index (κ3) is 2.95. The van der Waals surface area contributed by atoms with Gasteiger partial charge in [-0.2, -0.15) is 0 Å². The average Bonchev–Trinajstić information content (AvgIpc) is 2.41. The van der Waals surface area contributed by atoms with Gasteiger partial charge in [0, 0.05) is 5.56 Å². The van der Waals surface area contributed by atoms with Gasteiger partial charge >= 0.3 is 26.2 Å². The summed E-state index contributed by atoms with van der Waals surface area (Å²) in [5.74, 6) is -5.32. The standard InChI is InChI=1S/C13H10O7.Bi.3H/c14-7-2-1-6(11(18)13(7)20)10(17)5-3-8(15)12(19)9(16)4-5;;;;/h1-4,14-16,18-20H;;;;. The quantitative estimate of drug-likeness (QED) is 0.198. The fourth-order valence-corrected chi connectivity index (χ4v) is 1.64. The maximum atomic E-state index is 12.1. The van der Waals surface area contributed by atoms with E-state index in [2.05, 4.69) is 0 Å². The molecule has 0 fully saturated rings. The van der Waals surface area contributed by atoms with Gasteiger partial charge in [-0.05, 0) is 24.3 Å². The van der Waals surface area contributed by atoms with Crippen LogP contribution in [0, 0.1) is 0 Å². The first-order chi connectivity index (χ1) is 9.32. The zero-order valence-electron chi connectivity index (χ0n) is 10.6. The van der Waals surface area contributed by atoms with Crippen molar-refractivity contribution in [1.29, 1.82) is 0 Å². The number of phenols is 6. The average molecular weight is 490 g/mol. The molecule has 2 rings (SSSR count). The van der Waals surface area contributed by atoms with E-state index in [1.54, 1.807) is 0 Å². The second-order valence-electron chi connectivity index (χ2n) is 4.02. The van der Waals surface area contributed by atoms with E-state index in [1.165, 1.54) is 0 Å². The van der Waals surface area contributed by atoms with Crippen LogP contribution in [0.1, 0.15) is 15.9 Å². The number of hydrogen-bond donors (Lipinski definition) is 6.